The molecular weight excluding hydrogens is 306 g/mol. The Bertz CT molecular complexity index is 446. The molecule has 0 heterocycles. The molecule has 0 spiro atoms. The van der Waals surface area contributed by atoms with Crippen molar-refractivity contribution < 1.29 is 20.8 Å². The van der Waals surface area contributed by atoms with Crippen LogP contribution in [0.5, 0.6) is 0 Å². The van der Waals surface area contributed by atoms with E-state index in [9.17, 15) is 0 Å². The van der Waals surface area contributed by atoms with Gasteiger partial charge >= 0.3 is 37.9 Å². The topological polar surface area (TPSA) is 0 Å². The average Bonchev–Trinajstić information content (AvgIpc) is 2.57. The van der Waals surface area contributed by atoms with E-state index in [4.69, 9.17) is 17.0 Å². The van der Waals surface area contributed by atoms with E-state index in [-0.39, 0.29) is 0 Å². The summed E-state index contributed by atoms with van der Waals surface area (Å²) < 4.78 is 0. The molecule has 0 saturated carbocycles. The Morgan fingerprint density at radius 2 is 1.60 bits per heavy atom. The van der Waals surface area contributed by atoms with E-state index in [0.717, 1.165) is 0 Å². The summed E-state index contributed by atoms with van der Waals surface area (Å²) >= 11 is -0.826. The van der Waals surface area contributed by atoms with Gasteiger partial charge in [0.25, 0.3) is 0 Å². The summed E-state index contributed by atoms with van der Waals surface area (Å²) in [6.45, 7) is 6.52. The van der Waals surface area contributed by atoms with Gasteiger partial charge in [0.15, 0.2) is 0 Å². The van der Waals surface area contributed by atoms with Crippen molar-refractivity contribution in [3.8, 4) is 0 Å². The van der Waals surface area contributed by atoms with Crippen LogP contribution in [0.25, 0.3) is 10.8 Å². The van der Waals surface area contributed by atoms with E-state index < -0.39 is 20.8 Å². The standard InChI is InChI=1S/C12H13.2ClH.Zr/c1-8-4-5-9(2)12-10(3)6-7-11(8)12;;;/h4-7H,1-3H3;2*1H;/q-1;;;+2/p-2. The SMILES string of the molecule is Cc1ccc(C)c2c1cc[c-]2C.[Cl][Zr][Cl]. The fourth-order valence-electron chi connectivity index (χ4n) is 1.86. The summed E-state index contributed by atoms with van der Waals surface area (Å²) in [5.74, 6) is 0. The Labute approximate surface area is 110 Å². The molecule has 80 valence electrons. The zero-order chi connectivity index (χ0) is 11.4. The summed E-state index contributed by atoms with van der Waals surface area (Å²) in [6.07, 6.45) is 0. The van der Waals surface area contributed by atoms with Gasteiger partial charge in [0.1, 0.15) is 0 Å². The first-order valence-corrected chi connectivity index (χ1v) is 11.0. The van der Waals surface area contributed by atoms with Crippen LogP contribution in [0.4, 0.5) is 0 Å². The summed E-state index contributed by atoms with van der Waals surface area (Å²) in [5.41, 5.74) is 4.16. The van der Waals surface area contributed by atoms with Crippen LogP contribution in [0.15, 0.2) is 24.3 Å². The maximum atomic E-state index is 4.93. The third-order valence-corrected chi connectivity index (χ3v) is 2.57. The molecule has 0 aliphatic carbocycles. The number of hydrogen-bond donors (Lipinski definition) is 0. The third kappa shape index (κ3) is 3.12. The van der Waals surface area contributed by atoms with Gasteiger partial charge in [0.2, 0.25) is 0 Å². The van der Waals surface area contributed by atoms with Crippen molar-refractivity contribution in [2.75, 3.05) is 0 Å². The third-order valence-electron chi connectivity index (χ3n) is 2.57. The van der Waals surface area contributed by atoms with Gasteiger partial charge in [-0.1, -0.05) is 25.5 Å². The van der Waals surface area contributed by atoms with Crippen molar-refractivity contribution in [1.82, 2.24) is 0 Å². The molecule has 0 fully saturated rings. The van der Waals surface area contributed by atoms with Gasteiger partial charge in [0.05, 0.1) is 0 Å². The fourth-order valence-corrected chi connectivity index (χ4v) is 1.86. The van der Waals surface area contributed by atoms with Crippen LogP contribution in [0, 0.1) is 20.8 Å². The monoisotopic (exact) mass is 317 g/mol. The van der Waals surface area contributed by atoms with Crippen LogP contribution in [0.1, 0.15) is 16.7 Å². The van der Waals surface area contributed by atoms with E-state index in [1.807, 2.05) is 0 Å². The molecular formula is C12H13Cl2Zr-. The van der Waals surface area contributed by atoms with E-state index in [1.165, 1.54) is 27.5 Å². The van der Waals surface area contributed by atoms with Crippen molar-refractivity contribution >= 4 is 27.8 Å². The predicted molar refractivity (Wildman–Crippen MR) is 65.5 cm³/mol. The second-order valence-electron chi connectivity index (χ2n) is 3.58. The minimum atomic E-state index is -0.826. The number of benzene rings is 1. The molecule has 2 aromatic carbocycles. The Morgan fingerprint density at radius 3 is 2.13 bits per heavy atom. The van der Waals surface area contributed by atoms with Gasteiger partial charge < -0.3 is 0 Å². The van der Waals surface area contributed by atoms with Crippen LogP contribution in [0.2, 0.25) is 0 Å². The first-order chi connectivity index (χ1) is 7.11. The van der Waals surface area contributed by atoms with Crippen LogP contribution in [-0.4, -0.2) is 0 Å². The molecule has 0 unspecified atom stereocenters. The molecule has 0 N–H and O–H groups in total. The Morgan fingerprint density at radius 1 is 1.07 bits per heavy atom. The first-order valence-electron chi connectivity index (χ1n) is 4.70. The molecule has 0 aliphatic heterocycles. The van der Waals surface area contributed by atoms with Gasteiger partial charge in [-0.2, -0.15) is 12.1 Å². The number of hydrogen-bond acceptors (Lipinski definition) is 0. The fraction of sp³-hybridized carbons (Fsp3) is 0.250. The van der Waals surface area contributed by atoms with Crippen molar-refractivity contribution in [3.05, 3.63) is 41.0 Å². The predicted octanol–water partition coefficient (Wildman–Crippen LogP) is 4.86. The normalized spacial score (nSPS) is 9.67. The van der Waals surface area contributed by atoms with Crippen molar-refractivity contribution in [2.24, 2.45) is 0 Å². The summed E-state index contributed by atoms with van der Waals surface area (Å²) in [5, 5.41) is 2.85. The number of halogens is 2. The van der Waals surface area contributed by atoms with Gasteiger partial charge in [-0.25, -0.2) is 0 Å². The Hall–Kier alpha value is 0.293. The quantitative estimate of drug-likeness (QED) is 0.608. The van der Waals surface area contributed by atoms with Gasteiger partial charge in [-0.3, -0.25) is 0 Å². The van der Waals surface area contributed by atoms with E-state index in [0.29, 0.717) is 0 Å². The number of rotatable bonds is 0. The van der Waals surface area contributed by atoms with Crippen molar-refractivity contribution in [3.63, 3.8) is 0 Å². The number of fused-ring (bicyclic) bond motifs is 1. The summed E-state index contributed by atoms with van der Waals surface area (Å²) in [6, 6.07) is 8.80. The van der Waals surface area contributed by atoms with Gasteiger partial charge in [-0.05, 0) is 6.92 Å². The molecule has 3 heteroatoms. The van der Waals surface area contributed by atoms with Crippen molar-refractivity contribution in [2.45, 2.75) is 20.8 Å². The van der Waals surface area contributed by atoms with Crippen molar-refractivity contribution in [1.29, 1.82) is 0 Å². The van der Waals surface area contributed by atoms with E-state index in [2.05, 4.69) is 45.0 Å². The van der Waals surface area contributed by atoms with Crippen LogP contribution in [-0.2, 0) is 20.8 Å². The van der Waals surface area contributed by atoms with Crippen LogP contribution >= 0.6 is 17.0 Å². The Kier molecular flexibility index (Phi) is 5.46. The zero-order valence-corrected chi connectivity index (χ0v) is 13.0. The Balaban J connectivity index is 0.000000337. The summed E-state index contributed by atoms with van der Waals surface area (Å²) in [7, 11) is 9.87. The number of aryl methyl sites for hydroxylation is 3. The minimum absolute atomic E-state index is 0.826. The zero-order valence-electron chi connectivity index (χ0n) is 9.07. The second-order valence-corrected chi connectivity index (χ2v) is 7.31. The molecule has 0 bridgehead atoms. The van der Waals surface area contributed by atoms with Crippen LogP contribution in [0.3, 0.4) is 0 Å². The molecule has 0 saturated heterocycles. The molecule has 2 aromatic rings. The average molecular weight is 319 g/mol. The molecule has 0 atom stereocenters. The molecule has 0 amide bonds. The molecule has 0 aliphatic rings. The first kappa shape index (κ1) is 13.4. The van der Waals surface area contributed by atoms with Gasteiger partial charge in [-0.15, -0.1) is 28.0 Å². The molecule has 0 nitrogen and oxygen atoms in total. The van der Waals surface area contributed by atoms with E-state index >= 15 is 0 Å². The molecule has 2 rings (SSSR count). The molecule has 0 aromatic heterocycles. The van der Waals surface area contributed by atoms with Gasteiger partial charge in [0, 0.05) is 0 Å². The maximum absolute atomic E-state index is 4.93. The van der Waals surface area contributed by atoms with E-state index in [1.54, 1.807) is 0 Å². The van der Waals surface area contributed by atoms with Crippen LogP contribution < -0.4 is 0 Å². The second kappa shape index (κ2) is 6.13. The molecule has 15 heavy (non-hydrogen) atoms. The summed E-state index contributed by atoms with van der Waals surface area (Å²) in [4.78, 5) is 0. The molecule has 0 radical (unpaired) electrons.